The van der Waals surface area contributed by atoms with E-state index in [1.807, 2.05) is 0 Å². The molecule has 13 rings (SSSR count). The van der Waals surface area contributed by atoms with Crippen molar-refractivity contribution in [3.05, 3.63) is 172 Å². The maximum Gasteiger partial charge on any atom is 0.297 e. The molecular weight excluding hydrogens is 908 g/mol. The molecule has 8 aromatic rings. The van der Waals surface area contributed by atoms with Gasteiger partial charge in [-0.2, -0.15) is 0 Å². The van der Waals surface area contributed by atoms with Gasteiger partial charge in [-0.25, -0.2) is 0 Å². The third-order valence-corrected chi connectivity index (χ3v) is 19.5. The Hall–Kier alpha value is -6.26. The molecule has 0 fully saturated rings. The van der Waals surface area contributed by atoms with Crippen molar-refractivity contribution >= 4 is 68.4 Å². The van der Waals surface area contributed by atoms with Crippen LogP contribution in [0.2, 0.25) is 0 Å². The summed E-state index contributed by atoms with van der Waals surface area (Å²) >= 11 is 0. The van der Waals surface area contributed by atoms with Gasteiger partial charge in [0, 0.05) is 39.2 Å². The maximum absolute atomic E-state index is 7.76. The van der Waals surface area contributed by atoms with Gasteiger partial charge in [0.05, 0.1) is 11.3 Å². The molecule has 3 heterocycles. The topological polar surface area (TPSA) is 19.6 Å². The SMILES string of the molecule is CC(C)(C)c1ccc(N2c3ccc(C(C)(C)C)cc3B3c4oc5cc6c(cc5c4N(c4ccc5c(c4)C(C)(C)CCC5(C)C)c4cc(-c5cccc7c5C(C)(C)c5ccccc5-7)cc2c43)C(C)(C)CCC6(C)C)cc1. The van der Waals surface area contributed by atoms with E-state index in [0.29, 0.717) is 0 Å². The van der Waals surface area contributed by atoms with Crippen LogP contribution in [0, 0.1) is 0 Å². The first kappa shape index (κ1) is 48.4. The molecule has 0 N–H and O–H groups in total. The lowest BCUT2D eigenvalue weighted by molar-refractivity contribution is 0.332. The second-order valence-corrected chi connectivity index (χ2v) is 28.7. The van der Waals surface area contributed by atoms with Gasteiger partial charge in [-0.15, -0.1) is 0 Å². The van der Waals surface area contributed by atoms with Gasteiger partial charge in [-0.3, -0.25) is 0 Å². The molecular formula is C71H77BN2O. The minimum Gasteiger partial charge on any atom is -0.468 e. The summed E-state index contributed by atoms with van der Waals surface area (Å²) in [6.45, 7) is 38.3. The predicted octanol–water partition coefficient (Wildman–Crippen LogP) is 17.8. The average molecular weight is 985 g/mol. The molecule has 0 bridgehead atoms. The molecule has 7 aromatic carbocycles. The van der Waals surface area contributed by atoms with E-state index >= 15 is 0 Å². The predicted molar refractivity (Wildman–Crippen MR) is 321 cm³/mol. The number of nitrogens with zero attached hydrogens (tertiary/aromatic N) is 2. The van der Waals surface area contributed by atoms with Crippen molar-refractivity contribution in [2.75, 3.05) is 9.80 Å². The van der Waals surface area contributed by atoms with E-state index in [9.17, 15) is 0 Å². The lowest BCUT2D eigenvalue weighted by Gasteiger charge is -2.45. The first-order valence-electron chi connectivity index (χ1n) is 28.2. The molecule has 75 heavy (non-hydrogen) atoms. The Balaban J connectivity index is 1.19. The first-order chi connectivity index (χ1) is 35.2. The Morgan fingerprint density at radius 1 is 0.453 bits per heavy atom. The van der Waals surface area contributed by atoms with Crippen molar-refractivity contribution < 1.29 is 4.42 Å². The highest BCUT2D eigenvalue weighted by Gasteiger charge is 2.50. The molecule has 0 atom stereocenters. The molecule has 1 aromatic heterocycles. The van der Waals surface area contributed by atoms with E-state index in [4.69, 9.17) is 4.42 Å². The van der Waals surface area contributed by atoms with E-state index in [1.165, 1.54) is 118 Å². The summed E-state index contributed by atoms with van der Waals surface area (Å²) in [5.41, 5.74) is 28.1. The van der Waals surface area contributed by atoms with Crippen LogP contribution in [0.25, 0.3) is 33.2 Å². The lowest BCUT2D eigenvalue weighted by atomic mass is 9.35. The van der Waals surface area contributed by atoms with Crippen LogP contribution in [0.5, 0.6) is 0 Å². The Morgan fingerprint density at radius 3 is 1.65 bits per heavy atom. The molecule has 0 amide bonds. The average Bonchev–Trinajstić information content (AvgIpc) is 3.84. The fraction of sp³-hybridized carbons (Fsp3) is 0.380. The van der Waals surface area contributed by atoms with Gasteiger partial charge < -0.3 is 14.2 Å². The van der Waals surface area contributed by atoms with Crippen molar-refractivity contribution in [1.82, 2.24) is 0 Å². The number of benzene rings is 7. The van der Waals surface area contributed by atoms with Crippen molar-refractivity contribution in [3.8, 4) is 22.3 Å². The second-order valence-electron chi connectivity index (χ2n) is 28.7. The van der Waals surface area contributed by atoms with Crippen LogP contribution in [0.15, 0.2) is 132 Å². The van der Waals surface area contributed by atoms with E-state index in [1.54, 1.807) is 0 Å². The standard InChI is InChI=1S/C71H77BN2O/c1-65(2,3)43-24-27-45(28-25-43)73-57-31-26-44(66(4,5)6)38-56(57)72-62-58(73)36-42(47-21-19-22-49-48-20-17-18-23-51(48)71(15,16)61(47)49)37-59(62)74(46-29-30-52-53(39-46)68(9,10)33-32-67(52,7)8)63-50-40-54-55(41-60(50)75-64(63)72)70(13,14)35-34-69(54,11)12/h17-31,36-41H,32-35H2,1-16H3. The van der Waals surface area contributed by atoms with Gasteiger partial charge in [0.2, 0.25) is 0 Å². The zero-order valence-electron chi connectivity index (χ0n) is 47.8. The summed E-state index contributed by atoms with van der Waals surface area (Å²) in [5.74, 6) is 0. The number of hydrogen-bond acceptors (Lipinski definition) is 3. The van der Waals surface area contributed by atoms with Crippen molar-refractivity contribution in [2.45, 2.75) is 174 Å². The van der Waals surface area contributed by atoms with E-state index < -0.39 is 0 Å². The summed E-state index contributed by atoms with van der Waals surface area (Å²) in [7, 11) is 0. The van der Waals surface area contributed by atoms with Gasteiger partial charge >= 0.3 is 0 Å². The second kappa shape index (κ2) is 15.5. The zero-order valence-corrected chi connectivity index (χ0v) is 47.8. The van der Waals surface area contributed by atoms with Crippen molar-refractivity contribution in [2.24, 2.45) is 0 Å². The molecule has 0 unspecified atom stereocenters. The smallest absolute Gasteiger partial charge is 0.297 e. The fourth-order valence-electron chi connectivity index (χ4n) is 14.6. The molecule has 4 heteroatoms. The van der Waals surface area contributed by atoms with E-state index in [2.05, 4.69) is 248 Å². The number of anilines is 6. The summed E-state index contributed by atoms with van der Waals surface area (Å²) in [4.78, 5) is 5.28. The monoisotopic (exact) mass is 985 g/mol. The van der Waals surface area contributed by atoms with Gasteiger partial charge in [0.1, 0.15) is 5.58 Å². The number of fused-ring (bicyclic) bond motifs is 11. The van der Waals surface area contributed by atoms with Crippen LogP contribution >= 0.6 is 0 Å². The molecule has 380 valence electrons. The van der Waals surface area contributed by atoms with E-state index in [0.717, 1.165) is 36.2 Å². The first-order valence-corrected chi connectivity index (χ1v) is 28.2. The molecule has 2 aliphatic heterocycles. The van der Waals surface area contributed by atoms with Crippen LogP contribution in [0.1, 0.15) is 181 Å². The van der Waals surface area contributed by atoms with Crippen LogP contribution in [-0.2, 0) is 37.9 Å². The van der Waals surface area contributed by atoms with Gasteiger partial charge in [0.15, 0.2) is 0 Å². The Labute approximate surface area is 448 Å². The van der Waals surface area contributed by atoms with Crippen LogP contribution in [0.4, 0.5) is 34.1 Å². The van der Waals surface area contributed by atoms with Crippen LogP contribution < -0.4 is 26.4 Å². The molecule has 5 aliphatic rings. The molecule has 3 nitrogen and oxygen atoms in total. The largest absolute Gasteiger partial charge is 0.468 e. The molecule has 3 aliphatic carbocycles. The lowest BCUT2D eigenvalue weighted by Crippen LogP contribution is -2.61. The van der Waals surface area contributed by atoms with Gasteiger partial charge in [-0.05, 0) is 190 Å². The molecule has 0 spiro atoms. The third kappa shape index (κ3) is 6.99. The third-order valence-electron chi connectivity index (χ3n) is 19.5. The van der Waals surface area contributed by atoms with Crippen LogP contribution in [0.3, 0.4) is 0 Å². The minimum atomic E-state index is -0.208. The molecule has 0 saturated heterocycles. The van der Waals surface area contributed by atoms with Crippen LogP contribution in [-0.4, -0.2) is 6.71 Å². The minimum absolute atomic E-state index is 0.0138. The summed E-state index contributed by atoms with van der Waals surface area (Å²) in [6, 6.07) is 50.6. The number of furan rings is 1. The highest BCUT2D eigenvalue weighted by atomic mass is 16.3. The highest BCUT2D eigenvalue weighted by Crippen LogP contribution is 2.57. The van der Waals surface area contributed by atoms with Crippen molar-refractivity contribution in [3.63, 3.8) is 0 Å². The Morgan fingerprint density at radius 2 is 1.00 bits per heavy atom. The Bertz CT molecular complexity index is 3730. The van der Waals surface area contributed by atoms with Gasteiger partial charge in [-0.1, -0.05) is 184 Å². The van der Waals surface area contributed by atoms with E-state index in [-0.39, 0.29) is 44.6 Å². The summed E-state index contributed by atoms with van der Waals surface area (Å²) in [6.07, 6.45) is 4.61. The Kier molecular flexibility index (Phi) is 9.97. The zero-order chi connectivity index (χ0) is 52.9. The molecule has 0 saturated carbocycles. The summed E-state index contributed by atoms with van der Waals surface area (Å²) in [5, 5.41) is 1.20. The number of hydrogen-bond donors (Lipinski definition) is 0. The number of rotatable bonds is 3. The molecule has 0 radical (unpaired) electrons. The van der Waals surface area contributed by atoms with Crippen molar-refractivity contribution in [1.29, 1.82) is 0 Å². The normalized spacial score (nSPS) is 18.9. The quantitative estimate of drug-likeness (QED) is 0.165. The van der Waals surface area contributed by atoms with Gasteiger partial charge in [0.25, 0.3) is 6.71 Å². The summed E-state index contributed by atoms with van der Waals surface area (Å²) < 4.78 is 7.76. The fourth-order valence-corrected chi connectivity index (χ4v) is 14.6. The maximum atomic E-state index is 7.76. The highest BCUT2D eigenvalue weighted by molar-refractivity contribution is 7.00.